The van der Waals surface area contributed by atoms with Crippen LogP contribution < -0.4 is 10.1 Å². The Labute approximate surface area is 182 Å². The molecule has 0 radical (unpaired) electrons. The number of anilines is 1. The predicted octanol–water partition coefficient (Wildman–Crippen LogP) is 6.11. The first kappa shape index (κ1) is 20.4. The molecule has 4 rings (SSSR count). The molecule has 5 heteroatoms. The Hall–Kier alpha value is -2.92. The number of benzene rings is 3. The first-order valence-corrected chi connectivity index (χ1v) is 11.3. The summed E-state index contributed by atoms with van der Waals surface area (Å²) in [7, 11) is 0. The summed E-state index contributed by atoms with van der Waals surface area (Å²) in [6, 6.07) is 26.2. The normalized spacial score (nSPS) is 15.8. The maximum atomic E-state index is 12.9. The van der Waals surface area contributed by atoms with E-state index in [1.54, 1.807) is 11.8 Å². The van der Waals surface area contributed by atoms with Crippen LogP contribution in [0.15, 0.2) is 78.9 Å². The fourth-order valence-corrected chi connectivity index (χ4v) is 4.74. The lowest BCUT2D eigenvalue weighted by Gasteiger charge is -2.24. The van der Waals surface area contributed by atoms with Crippen molar-refractivity contribution >= 4 is 23.5 Å². The van der Waals surface area contributed by atoms with Crippen LogP contribution in [0.3, 0.4) is 0 Å². The maximum absolute atomic E-state index is 12.9. The van der Waals surface area contributed by atoms with Crippen molar-refractivity contribution in [3.05, 3.63) is 95.6 Å². The van der Waals surface area contributed by atoms with Crippen LogP contribution in [0, 0.1) is 0 Å². The number of nitrogens with zero attached hydrogens (tertiary/aromatic N) is 1. The van der Waals surface area contributed by atoms with Crippen molar-refractivity contribution in [3.8, 4) is 5.75 Å². The Balaban J connectivity index is 1.39. The summed E-state index contributed by atoms with van der Waals surface area (Å²) in [5, 5.41) is 3.07. The summed E-state index contributed by atoms with van der Waals surface area (Å²) in [4.78, 5) is 14.8. The Kier molecular flexibility index (Phi) is 6.60. The minimum atomic E-state index is -0.0531. The van der Waals surface area contributed by atoms with E-state index in [1.807, 2.05) is 53.4 Å². The number of hydrogen-bond acceptors (Lipinski definition) is 3. The van der Waals surface area contributed by atoms with Crippen molar-refractivity contribution in [2.24, 2.45) is 0 Å². The molecule has 1 saturated heterocycles. The van der Waals surface area contributed by atoms with E-state index in [9.17, 15) is 4.79 Å². The number of aryl methyl sites for hydroxylation is 1. The Bertz CT molecular complexity index is 976. The summed E-state index contributed by atoms with van der Waals surface area (Å²) in [6.07, 6.45) is 0.949. The van der Waals surface area contributed by atoms with E-state index < -0.39 is 0 Å². The van der Waals surface area contributed by atoms with Gasteiger partial charge in [-0.25, -0.2) is 4.79 Å². The van der Waals surface area contributed by atoms with E-state index in [4.69, 9.17) is 4.74 Å². The van der Waals surface area contributed by atoms with Crippen LogP contribution in [-0.4, -0.2) is 23.2 Å². The van der Waals surface area contributed by atoms with Crippen LogP contribution in [0.5, 0.6) is 5.75 Å². The zero-order valence-electron chi connectivity index (χ0n) is 17.1. The second kappa shape index (κ2) is 9.72. The lowest BCUT2D eigenvalue weighted by atomic mass is 10.1. The average Bonchev–Trinajstić information content (AvgIpc) is 3.29. The third-order valence-electron chi connectivity index (χ3n) is 5.15. The molecule has 1 atom stereocenters. The number of nitrogens with one attached hydrogen (secondary N) is 1. The minimum absolute atomic E-state index is 0.0162. The lowest BCUT2D eigenvalue weighted by Crippen LogP contribution is -2.34. The van der Waals surface area contributed by atoms with Crippen LogP contribution in [-0.2, 0) is 13.0 Å². The number of rotatable bonds is 6. The van der Waals surface area contributed by atoms with E-state index in [2.05, 4.69) is 42.6 Å². The highest BCUT2D eigenvalue weighted by Crippen LogP contribution is 2.38. The predicted molar refractivity (Wildman–Crippen MR) is 124 cm³/mol. The molecule has 0 saturated carbocycles. The fraction of sp³-hybridized carbons (Fsp3) is 0.240. The van der Waals surface area contributed by atoms with E-state index in [-0.39, 0.29) is 11.4 Å². The molecule has 4 nitrogen and oxygen atoms in total. The summed E-state index contributed by atoms with van der Waals surface area (Å²) >= 11 is 1.79. The summed E-state index contributed by atoms with van der Waals surface area (Å²) in [5.74, 6) is 1.76. The first-order chi connectivity index (χ1) is 14.7. The topological polar surface area (TPSA) is 41.6 Å². The molecule has 3 aromatic rings. The van der Waals surface area contributed by atoms with Crippen molar-refractivity contribution < 1.29 is 9.53 Å². The highest BCUT2D eigenvalue weighted by atomic mass is 32.2. The third-order valence-corrected chi connectivity index (χ3v) is 6.41. The molecule has 0 aromatic heterocycles. The zero-order chi connectivity index (χ0) is 20.8. The first-order valence-electron chi connectivity index (χ1n) is 10.3. The fourth-order valence-electron chi connectivity index (χ4n) is 3.49. The number of hydrogen-bond donors (Lipinski definition) is 1. The third kappa shape index (κ3) is 4.97. The SMILES string of the molecule is CCc1cccc(NC(=O)N2CCS[C@@H]2c2ccc(OCc3ccccc3)cc2)c1. The molecule has 1 aliphatic heterocycles. The van der Waals surface area contributed by atoms with Gasteiger partial charge in [-0.05, 0) is 47.4 Å². The van der Waals surface area contributed by atoms with Gasteiger partial charge in [-0.2, -0.15) is 0 Å². The van der Waals surface area contributed by atoms with Crippen molar-refractivity contribution in [1.82, 2.24) is 4.90 Å². The number of ether oxygens (including phenoxy) is 1. The lowest BCUT2D eigenvalue weighted by molar-refractivity contribution is 0.214. The quantitative estimate of drug-likeness (QED) is 0.525. The smallest absolute Gasteiger partial charge is 0.323 e. The monoisotopic (exact) mass is 418 g/mol. The van der Waals surface area contributed by atoms with E-state index in [1.165, 1.54) is 5.56 Å². The van der Waals surface area contributed by atoms with Gasteiger partial charge in [0.2, 0.25) is 0 Å². The molecule has 3 aromatic carbocycles. The van der Waals surface area contributed by atoms with E-state index in [0.29, 0.717) is 6.61 Å². The molecule has 2 amide bonds. The number of thioether (sulfide) groups is 1. The number of amides is 2. The standard InChI is InChI=1S/C25H26N2O2S/c1-2-19-9-6-10-22(17-19)26-25(28)27-15-16-30-24(27)21-11-13-23(14-12-21)29-18-20-7-4-3-5-8-20/h3-14,17,24H,2,15-16,18H2,1H3,(H,26,28)/t24-/m1/s1. The van der Waals surface area contributed by atoms with Crippen LogP contribution in [0.25, 0.3) is 0 Å². The summed E-state index contributed by atoms with van der Waals surface area (Å²) in [6.45, 7) is 3.39. The molecule has 0 aliphatic carbocycles. The minimum Gasteiger partial charge on any atom is -0.489 e. The van der Waals surface area contributed by atoms with Gasteiger partial charge in [0.1, 0.15) is 17.7 Å². The Morgan fingerprint density at radius 1 is 1.03 bits per heavy atom. The van der Waals surface area contributed by atoms with Gasteiger partial charge in [-0.3, -0.25) is 0 Å². The number of urea groups is 1. The van der Waals surface area contributed by atoms with Gasteiger partial charge >= 0.3 is 6.03 Å². The molecule has 1 aliphatic rings. The molecular formula is C25H26N2O2S. The van der Waals surface area contributed by atoms with Gasteiger partial charge < -0.3 is 15.0 Å². The highest BCUT2D eigenvalue weighted by Gasteiger charge is 2.30. The van der Waals surface area contributed by atoms with Gasteiger partial charge in [0.15, 0.2) is 0 Å². The zero-order valence-corrected chi connectivity index (χ0v) is 17.9. The van der Waals surface area contributed by atoms with Gasteiger partial charge in [-0.15, -0.1) is 11.8 Å². The Morgan fingerprint density at radius 3 is 2.57 bits per heavy atom. The van der Waals surface area contributed by atoms with Gasteiger partial charge in [0.05, 0.1) is 0 Å². The molecule has 1 fully saturated rings. The molecule has 0 unspecified atom stereocenters. The summed E-state index contributed by atoms with van der Waals surface area (Å²) in [5.41, 5.74) is 4.32. The number of carbonyl (C=O) groups excluding carboxylic acids is 1. The van der Waals surface area contributed by atoms with Crippen LogP contribution in [0.4, 0.5) is 10.5 Å². The molecule has 154 valence electrons. The van der Waals surface area contributed by atoms with Crippen molar-refractivity contribution in [2.45, 2.75) is 25.3 Å². The molecular weight excluding hydrogens is 392 g/mol. The van der Waals surface area contributed by atoms with Crippen LogP contribution in [0.1, 0.15) is 29.0 Å². The Morgan fingerprint density at radius 2 is 1.80 bits per heavy atom. The van der Waals surface area contributed by atoms with Gasteiger partial charge in [0.25, 0.3) is 0 Å². The second-order valence-corrected chi connectivity index (χ2v) is 8.43. The molecule has 1 N–H and O–H groups in total. The van der Waals surface area contributed by atoms with Gasteiger partial charge in [-0.1, -0.05) is 61.5 Å². The largest absolute Gasteiger partial charge is 0.489 e. The van der Waals surface area contributed by atoms with Crippen LogP contribution in [0.2, 0.25) is 0 Å². The van der Waals surface area contributed by atoms with Crippen LogP contribution >= 0.6 is 11.8 Å². The maximum Gasteiger partial charge on any atom is 0.323 e. The molecule has 30 heavy (non-hydrogen) atoms. The summed E-state index contributed by atoms with van der Waals surface area (Å²) < 4.78 is 5.89. The van der Waals surface area contributed by atoms with Crippen molar-refractivity contribution in [3.63, 3.8) is 0 Å². The van der Waals surface area contributed by atoms with E-state index in [0.717, 1.165) is 41.3 Å². The average molecular weight is 419 g/mol. The molecule has 1 heterocycles. The van der Waals surface area contributed by atoms with Crippen molar-refractivity contribution in [2.75, 3.05) is 17.6 Å². The molecule has 0 bridgehead atoms. The second-order valence-electron chi connectivity index (χ2n) is 7.24. The highest BCUT2D eigenvalue weighted by molar-refractivity contribution is 7.99. The molecule has 0 spiro atoms. The van der Waals surface area contributed by atoms with Gasteiger partial charge in [0, 0.05) is 18.0 Å². The van der Waals surface area contributed by atoms with Crippen molar-refractivity contribution in [1.29, 1.82) is 0 Å². The number of carbonyl (C=O) groups is 1. The van der Waals surface area contributed by atoms with E-state index >= 15 is 0 Å².